The van der Waals surface area contributed by atoms with Crippen LogP contribution < -0.4 is 10.9 Å². The van der Waals surface area contributed by atoms with Crippen molar-refractivity contribution in [2.24, 2.45) is 0 Å². The third kappa shape index (κ3) is 3.84. The van der Waals surface area contributed by atoms with Gasteiger partial charge in [0.15, 0.2) is 0 Å². The molecule has 0 aliphatic heterocycles. The zero-order valence-electron chi connectivity index (χ0n) is 16.3. The van der Waals surface area contributed by atoms with Crippen molar-refractivity contribution in [1.29, 1.82) is 0 Å². The molecule has 2 heterocycles. The normalized spacial score (nSPS) is 11.0. The monoisotopic (exact) mass is 403 g/mol. The average molecular weight is 404 g/mol. The van der Waals surface area contributed by atoms with Gasteiger partial charge >= 0.3 is 0 Å². The number of hydrogen-bond donors (Lipinski definition) is 1. The summed E-state index contributed by atoms with van der Waals surface area (Å²) in [4.78, 5) is 31.6. The molecule has 6 heteroatoms. The van der Waals surface area contributed by atoms with Crippen LogP contribution in [0.5, 0.6) is 0 Å². The third-order valence-electron chi connectivity index (χ3n) is 5.00. The lowest BCUT2D eigenvalue weighted by Gasteiger charge is -2.09. The lowest BCUT2D eigenvalue weighted by Crippen LogP contribution is -2.32. The lowest BCUT2D eigenvalue weighted by atomic mass is 10.1. The molecule has 0 aliphatic rings. The van der Waals surface area contributed by atoms with Gasteiger partial charge in [-0.25, -0.2) is 4.98 Å². The quantitative estimate of drug-likeness (QED) is 0.547. The number of nitrogens with one attached hydrogen (secondary N) is 1. The summed E-state index contributed by atoms with van der Waals surface area (Å²) in [6.45, 7) is 4.33. The van der Waals surface area contributed by atoms with Crippen LogP contribution in [-0.2, 0) is 17.9 Å². The molecular weight excluding hydrogens is 382 g/mol. The lowest BCUT2D eigenvalue weighted by molar-refractivity contribution is -0.121. The fourth-order valence-corrected chi connectivity index (χ4v) is 4.49. The molecule has 0 aliphatic carbocycles. The van der Waals surface area contributed by atoms with Crippen LogP contribution in [-0.4, -0.2) is 15.5 Å². The smallest absolute Gasteiger partial charge is 0.262 e. The van der Waals surface area contributed by atoms with Crippen molar-refractivity contribution in [2.45, 2.75) is 26.9 Å². The summed E-state index contributed by atoms with van der Waals surface area (Å²) in [5, 5.41) is 3.47. The maximum absolute atomic E-state index is 13.0. The van der Waals surface area contributed by atoms with E-state index >= 15 is 0 Å². The number of aromatic nitrogens is 2. The van der Waals surface area contributed by atoms with Crippen molar-refractivity contribution < 1.29 is 4.79 Å². The van der Waals surface area contributed by atoms with Crippen LogP contribution in [0.15, 0.2) is 65.7 Å². The van der Waals surface area contributed by atoms with Crippen molar-refractivity contribution in [3.05, 3.63) is 88.0 Å². The molecule has 0 fully saturated rings. The summed E-state index contributed by atoms with van der Waals surface area (Å²) in [5.41, 5.74) is 3.97. The van der Waals surface area contributed by atoms with Crippen LogP contribution in [0.1, 0.15) is 16.7 Å². The SMILES string of the molecule is Cc1ccccc1CNC(=O)Cn1cnc2sc(-c3ccccc3)c(C)c2c1=O. The van der Waals surface area contributed by atoms with E-state index in [0.717, 1.165) is 27.1 Å². The largest absolute Gasteiger partial charge is 0.350 e. The molecule has 0 saturated carbocycles. The van der Waals surface area contributed by atoms with Gasteiger partial charge in [0.25, 0.3) is 5.56 Å². The second-order valence-corrected chi connectivity index (χ2v) is 7.98. The van der Waals surface area contributed by atoms with E-state index in [1.807, 2.05) is 68.4 Å². The second-order valence-electron chi connectivity index (χ2n) is 6.98. The fourth-order valence-electron chi connectivity index (χ4n) is 3.35. The van der Waals surface area contributed by atoms with Gasteiger partial charge in [0.2, 0.25) is 5.91 Å². The Balaban J connectivity index is 1.58. The third-order valence-corrected chi connectivity index (χ3v) is 6.25. The van der Waals surface area contributed by atoms with Crippen LogP contribution in [0.4, 0.5) is 0 Å². The van der Waals surface area contributed by atoms with Crippen LogP contribution in [0.2, 0.25) is 0 Å². The number of aryl methyl sites for hydroxylation is 2. The Labute approximate surface area is 172 Å². The maximum Gasteiger partial charge on any atom is 0.262 e. The molecule has 4 aromatic rings. The topological polar surface area (TPSA) is 64.0 Å². The highest BCUT2D eigenvalue weighted by molar-refractivity contribution is 7.22. The molecule has 1 amide bonds. The summed E-state index contributed by atoms with van der Waals surface area (Å²) < 4.78 is 1.38. The first-order valence-electron chi connectivity index (χ1n) is 9.40. The number of amides is 1. The highest BCUT2D eigenvalue weighted by atomic mass is 32.1. The number of carbonyl (C=O) groups excluding carboxylic acids is 1. The Morgan fingerprint density at radius 3 is 2.55 bits per heavy atom. The molecule has 0 unspecified atom stereocenters. The molecule has 0 saturated heterocycles. The number of benzene rings is 2. The van der Waals surface area contributed by atoms with E-state index in [-0.39, 0.29) is 18.0 Å². The van der Waals surface area contributed by atoms with Crippen LogP contribution in [0.25, 0.3) is 20.7 Å². The van der Waals surface area contributed by atoms with E-state index in [9.17, 15) is 9.59 Å². The highest BCUT2D eigenvalue weighted by Crippen LogP contribution is 2.35. The fraction of sp³-hybridized carbons (Fsp3) is 0.174. The summed E-state index contributed by atoms with van der Waals surface area (Å²) in [6.07, 6.45) is 1.46. The number of fused-ring (bicyclic) bond motifs is 1. The predicted molar refractivity (Wildman–Crippen MR) is 117 cm³/mol. The Hall–Kier alpha value is -3.25. The molecule has 2 aromatic heterocycles. The van der Waals surface area contributed by atoms with Crippen molar-refractivity contribution >= 4 is 27.5 Å². The number of rotatable bonds is 5. The van der Waals surface area contributed by atoms with E-state index < -0.39 is 0 Å². The minimum absolute atomic E-state index is 0.0520. The van der Waals surface area contributed by atoms with E-state index in [1.54, 1.807) is 0 Å². The summed E-state index contributed by atoms with van der Waals surface area (Å²) in [5.74, 6) is -0.215. The summed E-state index contributed by atoms with van der Waals surface area (Å²) in [6, 6.07) is 17.9. The van der Waals surface area contributed by atoms with Crippen molar-refractivity contribution in [2.75, 3.05) is 0 Å². The van der Waals surface area contributed by atoms with Crippen molar-refractivity contribution in [1.82, 2.24) is 14.9 Å². The van der Waals surface area contributed by atoms with Gasteiger partial charge in [0, 0.05) is 11.4 Å². The van der Waals surface area contributed by atoms with Gasteiger partial charge < -0.3 is 5.32 Å². The average Bonchev–Trinajstić information content (AvgIpc) is 3.07. The molecule has 29 heavy (non-hydrogen) atoms. The van der Waals surface area contributed by atoms with Gasteiger partial charge in [0.05, 0.1) is 11.7 Å². The van der Waals surface area contributed by atoms with Gasteiger partial charge in [-0.1, -0.05) is 54.6 Å². The zero-order chi connectivity index (χ0) is 20.4. The molecule has 0 atom stereocenters. The Morgan fingerprint density at radius 2 is 1.79 bits per heavy atom. The van der Waals surface area contributed by atoms with E-state index in [1.165, 1.54) is 22.2 Å². The predicted octanol–water partition coefficient (Wildman–Crippen LogP) is 4.06. The standard InChI is InChI=1S/C23H21N3O2S/c1-15-8-6-7-11-18(15)12-24-19(27)13-26-14-25-22-20(23(26)28)16(2)21(29-22)17-9-4-3-5-10-17/h3-11,14H,12-13H2,1-2H3,(H,24,27). The molecule has 0 bridgehead atoms. The maximum atomic E-state index is 13.0. The van der Waals surface area contributed by atoms with Crippen LogP contribution in [0, 0.1) is 13.8 Å². The van der Waals surface area contributed by atoms with E-state index in [4.69, 9.17) is 0 Å². The number of hydrogen-bond acceptors (Lipinski definition) is 4. The van der Waals surface area contributed by atoms with Gasteiger partial charge in [-0.2, -0.15) is 0 Å². The minimum Gasteiger partial charge on any atom is -0.350 e. The van der Waals surface area contributed by atoms with Gasteiger partial charge in [-0.3, -0.25) is 14.2 Å². The van der Waals surface area contributed by atoms with Gasteiger partial charge in [-0.15, -0.1) is 11.3 Å². The molecule has 2 aromatic carbocycles. The Morgan fingerprint density at radius 1 is 1.07 bits per heavy atom. The van der Waals surface area contributed by atoms with Crippen LogP contribution in [0.3, 0.4) is 0 Å². The van der Waals surface area contributed by atoms with Crippen LogP contribution >= 0.6 is 11.3 Å². The Kier molecular flexibility index (Phi) is 5.27. The first kappa shape index (κ1) is 19.1. The number of thiophene rings is 1. The molecule has 4 rings (SSSR count). The molecule has 0 radical (unpaired) electrons. The first-order chi connectivity index (χ1) is 14.0. The molecule has 0 spiro atoms. The van der Waals surface area contributed by atoms with E-state index in [2.05, 4.69) is 10.3 Å². The summed E-state index contributed by atoms with van der Waals surface area (Å²) in [7, 11) is 0. The highest BCUT2D eigenvalue weighted by Gasteiger charge is 2.16. The molecular formula is C23H21N3O2S. The zero-order valence-corrected chi connectivity index (χ0v) is 17.1. The minimum atomic E-state index is -0.215. The second kappa shape index (κ2) is 8.01. The number of carbonyl (C=O) groups is 1. The summed E-state index contributed by atoms with van der Waals surface area (Å²) >= 11 is 1.50. The molecule has 146 valence electrons. The van der Waals surface area contributed by atoms with E-state index in [0.29, 0.717) is 16.8 Å². The molecule has 1 N–H and O–H groups in total. The van der Waals surface area contributed by atoms with Gasteiger partial charge in [-0.05, 0) is 36.1 Å². The molecule has 5 nitrogen and oxygen atoms in total. The Bertz CT molecular complexity index is 1240. The van der Waals surface area contributed by atoms with Crippen molar-refractivity contribution in [3.8, 4) is 10.4 Å². The van der Waals surface area contributed by atoms with Gasteiger partial charge in [0.1, 0.15) is 11.4 Å². The van der Waals surface area contributed by atoms with Crippen molar-refractivity contribution in [3.63, 3.8) is 0 Å². The number of nitrogens with zero attached hydrogens (tertiary/aromatic N) is 2. The first-order valence-corrected chi connectivity index (χ1v) is 10.2.